The molecule has 6 heterocycles. The number of piperidine rings is 3. The van der Waals surface area contributed by atoms with Gasteiger partial charge < -0.3 is 24.8 Å². The first-order chi connectivity index (χ1) is 27.8. The minimum absolute atomic E-state index is 0.0477. The van der Waals surface area contributed by atoms with E-state index >= 15 is 0 Å². The van der Waals surface area contributed by atoms with Gasteiger partial charge in [-0.25, -0.2) is 9.83 Å². The van der Waals surface area contributed by atoms with Crippen molar-refractivity contribution < 1.29 is 41.9 Å². The number of imide groups is 2. The van der Waals surface area contributed by atoms with Gasteiger partial charge in [0.25, 0.3) is 11.8 Å². The van der Waals surface area contributed by atoms with Gasteiger partial charge >= 0.3 is 6.18 Å². The van der Waals surface area contributed by atoms with Gasteiger partial charge in [-0.15, -0.1) is 0 Å². The van der Waals surface area contributed by atoms with E-state index in [0.717, 1.165) is 62.2 Å². The number of pyridine rings is 1. The van der Waals surface area contributed by atoms with E-state index in [9.17, 15) is 37.1 Å². The Bertz CT molecular complexity index is 2170. The molecule has 0 aliphatic carbocycles. The first kappa shape index (κ1) is 38.8. The van der Waals surface area contributed by atoms with Gasteiger partial charge in [-0.3, -0.25) is 34.2 Å². The van der Waals surface area contributed by atoms with Crippen molar-refractivity contribution in [1.29, 1.82) is 0 Å². The van der Waals surface area contributed by atoms with Crippen LogP contribution in [0.1, 0.15) is 64.8 Å². The standard InChI is InChI=1S/C41H41F3N8O6/c1-45-33-6-2-26(18-32(33)41(42,43)44)50-16-10-25(11-17-50)37(54)47-35-8-3-27(20-46-35)51-22-24(23-51)21-49-14-12-28(13-15-49)58-29-4-5-30-31(19-29)40(57)52(39(30)56)34-7-9-36(53)48-38(34)55/h2-6,8,18-20,24-25,28,34H,7,9-17,21-23H2,(H,46,47,54)(H,48,53,55). The monoisotopic (exact) mass is 798 g/mol. The smallest absolute Gasteiger partial charge is 0.407 e. The molecule has 1 aromatic heterocycles. The van der Waals surface area contributed by atoms with Crippen molar-refractivity contribution in [1.82, 2.24) is 20.1 Å². The molecular weight excluding hydrogens is 757 g/mol. The SMILES string of the molecule is [C-]#[N+]c1ccc(N2CCC(C(=O)Nc3ccc(N4CC(CN5CCC(Oc6ccc7c(c6)C(=O)N(C6CCC(=O)NC6=O)C7=O)CC5)C4)cn3)CC2)cc1C(F)(F)F. The molecule has 2 N–H and O–H groups in total. The van der Waals surface area contributed by atoms with Gasteiger partial charge in [0.1, 0.15) is 23.7 Å². The predicted octanol–water partition coefficient (Wildman–Crippen LogP) is 4.89. The molecule has 302 valence electrons. The lowest BCUT2D eigenvalue weighted by atomic mass is 9.95. The Morgan fingerprint density at radius 1 is 0.879 bits per heavy atom. The lowest BCUT2D eigenvalue weighted by molar-refractivity contribution is -0.137. The van der Waals surface area contributed by atoms with Crippen molar-refractivity contribution in [3.63, 3.8) is 0 Å². The molecular formula is C41H41F3N8O6. The molecule has 5 amide bonds. The highest BCUT2D eigenvalue weighted by atomic mass is 19.4. The fourth-order valence-electron chi connectivity index (χ4n) is 8.51. The van der Waals surface area contributed by atoms with Crippen LogP contribution >= 0.6 is 0 Å². The number of carbonyl (C=O) groups excluding carboxylic acids is 5. The van der Waals surface area contributed by atoms with E-state index in [1.165, 1.54) is 12.1 Å². The zero-order valence-corrected chi connectivity index (χ0v) is 31.5. The number of nitrogens with zero attached hydrogens (tertiary/aromatic N) is 6. The normalized spacial score (nSPS) is 21.1. The summed E-state index contributed by atoms with van der Waals surface area (Å²) in [5.74, 6) is -1.22. The maximum Gasteiger partial charge on any atom is 0.407 e. The summed E-state index contributed by atoms with van der Waals surface area (Å²) < 4.78 is 46.6. The van der Waals surface area contributed by atoms with Crippen LogP contribution in [0.5, 0.6) is 5.75 Å². The van der Waals surface area contributed by atoms with Crippen LogP contribution in [0, 0.1) is 18.4 Å². The van der Waals surface area contributed by atoms with E-state index in [2.05, 4.69) is 30.3 Å². The summed E-state index contributed by atoms with van der Waals surface area (Å²) >= 11 is 0. The topological polar surface area (TPSA) is 149 Å². The van der Waals surface area contributed by atoms with Crippen molar-refractivity contribution in [3.8, 4) is 5.75 Å². The number of likely N-dealkylation sites (tertiary alicyclic amines) is 1. The molecule has 0 spiro atoms. The summed E-state index contributed by atoms with van der Waals surface area (Å²) in [6, 6.07) is 11.2. The molecule has 58 heavy (non-hydrogen) atoms. The van der Waals surface area contributed by atoms with E-state index in [-0.39, 0.29) is 41.9 Å². The number of hydrogen-bond acceptors (Lipinski definition) is 10. The first-order valence-corrected chi connectivity index (χ1v) is 19.4. The van der Waals surface area contributed by atoms with E-state index in [1.807, 2.05) is 11.0 Å². The molecule has 0 saturated carbocycles. The Morgan fingerprint density at radius 2 is 1.60 bits per heavy atom. The zero-order valence-electron chi connectivity index (χ0n) is 31.5. The molecule has 0 radical (unpaired) electrons. The van der Waals surface area contributed by atoms with Crippen LogP contribution in [0.3, 0.4) is 0 Å². The number of fused-ring (bicyclic) bond motifs is 1. The molecule has 3 aromatic rings. The highest BCUT2D eigenvalue weighted by Crippen LogP contribution is 2.39. The van der Waals surface area contributed by atoms with Gasteiger partial charge in [0.05, 0.1) is 35.1 Å². The number of amides is 5. The third-order valence-electron chi connectivity index (χ3n) is 11.7. The molecule has 2 aromatic carbocycles. The molecule has 17 heteroatoms. The molecule has 5 aliphatic heterocycles. The molecule has 14 nitrogen and oxygen atoms in total. The van der Waals surface area contributed by atoms with Crippen LogP contribution < -0.4 is 25.2 Å². The summed E-state index contributed by atoms with van der Waals surface area (Å²) in [6.07, 6.45) is -0.199. The number of alkyl halides is 3. The average molecular weight is 799 g/mol. The molecule has 0 bridgehead atoms. The number of hydrogen-bond donors (Lipinski definition) is 2. The van der Waals surface area contributed by atoms with E-state index in [1.54, 1.807) is 30.5 Å². The number of aromatic nitrogens is 1. The minimum atomic E-state index is -4.62. The second-order valence-electron chi connectivity index (χ2n) is 15.5. The van der Waals surface area contributed by atoms with E-state index < -0.39 is 47.1 Å². The van der Waals surface area contributed by atoms with Crippen LogP contribution in [-0.2, 0) is 20.6 Å². The van der Waals surface area contributed by atoms with Gasteiger partial charge in [-0.05, 0) is 74.6 Å². The van der Waals surface area contributed by atoms with E-state index in [4.69, 9.17) is 11.3 Å². The Hall–Kier alpha value is -6.02. The summed E-state index contributed by atoms with van der Waals surface area (Å²) in [5, 5.41) is 5.09. The molecule has 5 aliphatic rings. The summed E-state index contributed by atoms with van der Waals surface area (Å²) in [4.78, 5) is 78.1. The Kier molecular flexibility index (Phi) is 10.5. The first-order valence-electron chi connectivity index (χ1n) is 19.4. The predicted molar refractivity (Wildman–Crippen MR) is 204 cm³/mol. The fourth-order valence-corrected chi connectivity index (χ4v) is 8.51. The lowest BCUT2D eigenvalue weighted by Gasteiger charge is -2.44. The third-order valence-corrected chi connectivity index (χ3v) is 11.7. The molecule has 4 fully saturated rings. The van der Waals surface area contributed by atoms with Gasteiger partial charge in [0.2, 0.25) is 17.7 Å². The van der Waals surface area contributed by atoms with Crippen molar-refractivity contribution in [3.05, 3.63) is 82.8 Å². The number of anilines is 3. The molecule has 8 rings (SSSR count). The van der Waals surface area contributed by atoms with Crippen LogP contribution in [0.25, 0.3) is 4.85 Å². The molecule has 4 saturated heterocycles. The Morgan fingerprint density at radius 3 is 2.28 bits per heavy atom. The zero-order chi connectivity index (χ0) is 40.7. The van der Waals surface area contributed by atoms with Crippen LogP contribution in [-0.4, -0.2) is 102 Å². The number of benzene rings is 2. The summed E-state index contributed by atoms with van der Waals surface area (Å²) in [6.45, 7) is 12.3. The quantitative estimate of drug-likeness (QED) is 0.227. The van der Waals surface area contributed by atoms with Crippen LogP contribution in [0.4, 0.5) is 36.1 Å². The lowest BCUT2D eigenvalue weighted by Crippen LogP contribution is -2.54. The number of rotatable bonds is 9. The Labute approximate surface area is 332 Å². The number of carbonyl (C=O) groups is 5. The number of ether oxygens (including phenoxy) is 1. The molecule has 1 unspecified atom stereocenters. The van der Waals surface area contributed by atoms with Crippen molar-refractivity contribution >= 4 is 52.4 Å². The largest absolute Gasteiger partial charge is 0.490 e. The molecule has 1 atom stereocenters. The number of nitrogens with one attached hydrogen (secondary N) is 2. The number of halogens is 3. The summed E-state index contributed by atoms with van der Waals surface area (Å²) in [5.41, 5.74) is 0.380. The van der Waals surface area contributed by atoms with Gasteiger partial charge in [0, 0.05) is 69.8 Å². The Balaban J connectivity index is 0.748. The highest BCUT2D eigenvalue weighted by Gasteiger charge is 2.45. The van der Waals surface area contributed by atoms with E-state index in [0.29, 0.717) is 49.1 Å². The van der Waals surface area contributed by atoms with Gasteiger partial charge in [-0.1, -0.05) is 6.07 Å². The maximum atomic E-state index is 13.5. The minimum Gasteiger partial charge on any atom is -0.490 e. The van der Waals surface area contributed by atoms with Crippen molar-refractivity contribution in [2.45, 2.75) is 56.8 Å². The maximum absolute atomic E-state index is 13.5. The average Bonchev–Trinajstić information content (AvgIpc) is 3.44. The van der Waals surface area contributed by atoms with Gasteiger partial charge in [-0.2, -0.15) is 13.2 Å². The van der Waals surface area contributed by atoms with Crippen molar-refractivity contribution in [2.24, 2.45) is 11.8 Å². The van der Waals surface area contributed by atoms with Crippen LogP contribution in [0.15, 0.2) is 54.7 Å². The fraction of sp³-hybridized carbons (Fsp3) is 0.439. The summed E-state index contributed by atoms with van der Waals surface area (Å²) in [7, 11) is 0. The second kappa shape index (κ2) is 15.7. The third kappa shape index (κ3) is 7.93. The second-order valence-corrected chi connectivity index (χ2v) is 15.5. The van der Waals surface area contributed by atoms with Crippen molar-refractivity contribution in [2.75, 3.05) is 60.9 Å². The highest BCUT2D eigenvalue weighted by molar-refractivity contribution is 6.23. The van der Waals surface area contributed by atoms with Crippen LogP contribution in [0.2, 0.25) is 0 Å². The van der Waals surface area contributed by atoms with Gasteiger partial charge in [0.15, 0.2) is 5.69 Å².